The van der Waals surface area contributed by atoms with Crippen LogP contribution >= 0.6 is 0 Å². The lowest BCUT2D eigenvalue weighted by Gasteiger charge is -2.08. The van der Waals surface area contributed by atoms with E-state index in [0.717, 1.165) is 6.92 Å². The molecule has 0 saturated heterocycles. The van der Waals surface area contributed by atoms with Gasteiger partial charge in [0.05, 0.1) is 0 Å². The van der Waals surface area contributed by atoms with Crippen molar-refractivity contribution in [3.05, 3.63) is 0 Å². The van der Waals surface area contributed by atoms with Crippen LogP contribution in [-0.2, 0) is 14.9 Å². The highest BCUT2D eigenvalue weighted by molar-refractivity contribution is 7.87. The van der Waals surface area contributed by atoms with Gasteiger partial charge in [-0.15, -0.1) is 0 Å². The summed E-state index contributed by atoms with van der Waals surface area (Å²) in [6, 6.07) is 0. The van der Waals surface area contributed by atoms with Crippen molar-refractivity contribution in [3.8, 4) is 0 Å². The van der Waals surface area contributed by atoms with E-state index in [0.29, 0.717) is 0 Å². The number of carbonyl (C=O) groups excluding carboxylic acids is 1. The fourth-order valence-corrected chi connectivity index (χ4v) is 1.44. The van der Waals surface area contributed by atoms with Crippen LogP contribution in [0.4, 0.5) is 0 Å². The van der Waals surface area contributed by atoms with E-state index in [-0.39, 0.29) is 6.54 Å². The highest BCUT2D eigenvalue weighted by Crippen LogP contribution is 1.98. The van der Waals surface area contributed by atoms with Crippen molar-refractivity contribution < 1.29 is 17.8 Å². The smallest absolute Gasteiger partial charge is 0.276 e. The summed E-state index contributed by atoms with van der Waals surface area (Å²) in [5, 5.41) is 1.16. The van der Waals surface area contributed by atoms with Crippen molar-refractivity contribution >= 4 is 15.9 Å². The number of ketones is 1. The van der Waals surface area contributed by atoms with Crippen LogP contribution < -0.4 is 5.32 Å². The minimum absolute atomic E-state index is 0.0613. The van der Waals surface area contributed by atoms with Gasteiger partial charge in [-0.1, -0.05) is 0 Å². The van der Waals surface area contributed by atoms with E-state index >= 15 is 0 Å². The third kappa shape index (κ3) is 3.45. The zero-order chi connectivity index (χ0) is 9.07. The van der Waals surface area contributed by atoms with Crippen LogP contribution in [0.3, 0.4) is 0 Å². The molecule has 0 aliphatic rings. The van der Waals surface area contributed by atoms with E-state index in [4.69, 9.17) is 4.55 Å². The number of Topliss-reactive ketones (excluding diaryl/α,β-unsaturated/α-hetero) is 1. The predicted molar refractivity (Wildman–Crippen MR) is 39.9 cm³/mol. The molecule has 0 fully saturated rings. The largest absolute Gasteiger partial charge is 0.318 e. The molecule has 2 N–H and O–H groups in total. The number of nitrogens with one attached hydrogen (secondary N) is 1. The third-order valence-corrected chi connectivity index (χ3v) is 2.42. The van der Waals surface area contributed by atoms with Gasteiger partial charge in [0.25, 0.3) is 10.1 Å². The van der Waals surface area contributed by atoms with Gasteiger partial charge in [0, 0.05) is 6.54 Å². The highest BCUT2D eigenvalue weighted by atomic mass is 32.2. The van der Waals surface area contributed by atoms with E-state index in [1.807, 2.05) is 0 Å². The molecule has 0 aromatic rings. The molecule has 0 aliphatic carbocycles. The average Bonchev–Trinajstić information content (AvgIpc) is 1.79. The first-order valence-electron chi connectivity index (χ1n) is 3.01. The first kappa shape index (κ1) is 10.5. The molecule has 0 amide bonds. The molecule has 1 atom stereocenters. The number of rotatable bonds is 4. The summed E-state index contributed by atoms with van der Waals surface area (Å²) >= 11 is 0. The topological polar surface area (TPSA) is 83.5 Å². The maximum atomic E-state index is 10.6. The first-order valence-corrected chi connectivity index (χ1v) is 4.51. The van der Waals surface area contributed by atoms with Crippen molar-refractivity contribution in [1.82, 2.24) is 5.32 Å². The normalized spacial score (nSPS) is 14.5. The van der Waals surface area contributed by atoms with Gasteiger partial charge in [-0.05, 0) is 14.0 Å². The van der Waals surface area contributed by atoms with Crippen LogP contribution in [0.25, 0.3) is 0 Å². The van der Waals surface area contributed by atoms with E-state index in [1.54, 1.807) is 0 Å². The van der Waals surface area contributed by atoms with Crippen LogP contribution in [0.5, 0.6) is 0 Å². The lowest BCUT2D eigenvalue weighted by molar-refractivity contribution is -0.116. The van der Waals surface area contributed by atoms with E-state index < -0.39 is 21.2 Å². The van der Waals surface area contributed by atoms with E-state index in [2.05, 4.69) is 5.32 Å². The Hall–Kier alpha value is -0.460. The Morgan fingerprint density at radius 2 is 2.09 bits per heavy atom. The average molecular weight is 181 g/mol. The minimum atomic E-state index is -4.24. The van der Waals surface area contributed by atoms with Gasteiger partial charge < -0.3 is 5.32 Å². The maximum Gasteiger partial charge on any atom is 0.276 e. The molecular formula is C5H11NO4S. The molecule has 66 valence electrons. The second-order valence-corrected chi connectivity index (χ2v) is 3.77. The van der Waals surface area contributed by atoms with Gasteiger partial charge in [0.2, 0.25) is 0 Å². The summed E-state index contributed by atoms with van der Waals surface area (Å²) in [5.74, 6) is -0.568. The monoisotopic (exact) mass is 181 g/mol. The summed E-state index contributed by atoms with van der Waals surface area (Å²) in [6.07, 6.45) is 0. The quantitative estimate of drug-likeness (QED) is 0.546. The van der Waals surface area contributed by atoms with E-state index in [9.17, 15) is 13.2 Å². The zero-order valence-corrected chi connectivity index (χ0v) is 7.18. The number of carbonyl (C=O) groups is 1. The lowest BCUT2D eigenvalue weighted by Crippen LogP contribution is -2.36. The second kappa shape index (κ2) is 3.80. The number of hydrogen-bond acceptors (Lipinski definition) is 4. The van der Waals surface area contributed by atoms with Crippen molar-refractivity contribution in [1.29, 1.82) is 0 Å². The van der Waals surface area contributed by atoms with E-state index in [1.165, 1.54) is 7.05 Å². The fraction of sp³-hybridized carbons (Fsp3) is 0.800. The minimum Gasteiger partial charge on any atom is -0.318 e. The molecule has 0 aliphatic heterocycles. The Kier molecular flexibility index (Phi) is 3.64. The molecule has 1 unspecified atom stereocenters. The zero-order valence-electron chi connectivity index (χ0n) is 6.36. The Morgan fingerprint density at radius 3 is 2.18 bits per heavy atom. The molecule has 0 aromatic heterocycles. The second-order valence-electron chi connectivity index (χ2n) is 2.17. The summed E-state index contributed by atoms with van der Waals surface area (Å²) in [4.78, 5) is 10.6. The SMILES string of the molecule is CNCC(C(C)=O)S(=O)(=O)O. The van der Waals surface area contributed by atoms with Crippen molar-refractivity contribution in [2.75, 3.05) is 13.6 Å². The fourth-order valence-electron chi connectivity index (χ4n) is 0.644. The van der Waals surface area contributed by atoms with Gasteiger partial charge in [-0.25, -0.2) is 0 Å². The Labute approximate surface area is 65.5 Å². The molecule has 0 heterocycles. The highest BCUT2D eigenvalue weighted by Gasteiger charge is 2.26. The molecule has 0 rings (SSSR count). The van der Waals surface area contributed by atoms with Gasteiger partial charge in [-0.2, -0.15) is 8.42 Å². The van der Waals surface area contributed by atoms with Crippen LogP contribution in [-0.4, -0.2) is 37.6 Å². The molecular weight excluding hydrogens is 170 g/mol. The third-order valence-electron chi connectivity index (χ3n) is 1.20. The molecule has 5 nitrogen and oxygen atoms in total. The summed E-state index contributed by atoms with van der Waals surface area (Å²) in [6.45, 7) is 1.06. The van der Waals surface area contributed by atoms with Gasteiger partial charge in [-0.3, -0.25) is 9.35 Å². The van der Waals surface area contributed by atoms with Crippen molar-refractivity contribution in [2.45, 2.75) is 12.2 Å². The predicted octanol–water partition coefficient (Wildman–Crippen LogP) is -0.949. The molecule has 0 bridgehead atoms. The van der Waals surface area contributed by atoms with Crippen LogP contribution in [0.2, 0.25) is 0 Å². The maximum absolute atomic E-state index is 10.6. The van der Waals surface area contributed by atoms with Crippen molar-refractivity contribution in [2.24, 2.45) is 0 Å². The van der Waals surface area contributed by atoms with Crippen LogP contribution in [0.1, 0.15) is 6.92 Å². The van der Waals surface area contributed by atoms with Crippen molar-refractivity contribution in [3.63, 3.8) is 0 Å². The Bertz CT molecular complexity index is 233. The lowest BCUT2D eigenvalue weighted by atomic mass is 10.3. The molecule has 0 radical (unpaired) electrons. The van der Waals surface area contributed by atoms with Gasteiger partial charge in [0.1, 0.15) is 0 Å². The summed E-state index contributed by atoms with van der Waals surface area (Å²) in [5.41, 5.74) is 0. The first-order chi connectivity index (χ1) is 4.89. The Morgan fingerprint density at radius 1 is 1.64 bits per heavy atom. The molecule has 0 spiro atoms. The number of hydrogen-bond donors (Lipinski definition) is 2. The van der Waals surface area contributed by atoms with Crippen LogP contribution in [0, 0.1) is 0 Å². The molecule has 0 saturated carbocycles. The van der Waals surface area contributed by atoms with Gasteiger partial charge >= 0.3 is 0 Å². The molecule has 0 aromatic carbocycles. The Balaban J connectivity index is 4.49. The molecule has 11 heavy (non-hydrogen) atoms. The van der Waals surface area contributed by atoms with Gasteiger partial charge in [0.15, 0.2) is 11.0 Å². The standard InChI is InChI=1S/C5H11NO4S/c1-4(7)5(3-6-2)11(8,9)10/h5-6H,3H2,1-2H3,(H,8,9,10). The summed E-state index contributed by atoms with van der Waals surface area (Å²) in [7, 11) is -2.74. The van der Waals surface area contributed by atoms with Crippen LogP contribution in [0.15, 0.2) is 0 Å². The molecule has 6 heteroatoms. The summed E-state index contributed by atoms with van der Waals surface area (Å²) < 4.78 is 29.4.